The Labute approximate surface area is 201 Å². The maximum absolute atomic E-state index is 13.7. The van der Waals surface area contributed by atoms with Gasteiger partial charge in [0.05, 0.1) is 17.2 Å². The third-order valence-corrected chi connectivity index (χ3v) is 6.60. The van der Waals surface area contributed by atoms with E-state index >= 15 is 0 Å². The van der Waals surface area contributed by atoms with E-state index < -0.39 is 40.4 Å². The van der Waals surface area contributed by atoms with Crippen molar-refractivity contribution in [2.75, 3.05) is 6.54 Å². The Bertz CT molecular complexity index is 1350. The molecule has 9 heteroatoms. The predicted molar refractivity (Wildman–Crippen MR) is 124 cm³/mol. The lowest BCUT2D eigenvalue weighted by molar-refractivity contribution is -0.123. The highest BCUT2D eigenvalue weighted by Gasteiger charge is 2.56. The van der Waals surface area contributed by atoms with Crippen LogP contribution < -0.4 is 10.1 Å². The molecule has 4 rings (SSSR count). The summed E-state index contributed by atoms with van der Waals surface area (Å²) in [6, 6.07) is 5.97. The lowest BCUT2D eigenvalue weighted by Crippen LogP contribution is -2.41. The Hall–Kier alpha value is -4.11. The number of benzene rings is 2. The number of phenolic OH excluding ortho intramolecular Hbond substituents is 3. The molecule has 182 valence electrons. The number of carbonyl (C=O) groups excluding carboxylic acids is 3. The van der Waals surface area contributed by atoms with Crippen LogP contribution in [0, 0.1) is 6.92 Å². The summed E-state index contributed by atoms with van der Waals surface area (Å²) >= 11 is 0. The number of aliphatic hydroxyl groups is 1. The summed E-state index contributed by atoms with van der Waals surface area (Å²) in [6.45, 7) is 5.62. The molecule has 1 heterocycles. The van der Waals surface area contributed by atoms with Gasteiger partial charge in [-0.2, -0.15) is 0 Å². The zero-order valence-electron chi connectivity index (χ0n) is 19.6. The maximum atomic E-state index is 13.7. The first-order valence-electron chi connectivity index (χ1n) is 10.9. The van der Waals surface area contributed by atoms with Crippen LogP contribution in [-0.2, 0) is 15.0 Å². The summed E-state index contributed by atoms with van der Waals surface area (Å²) in [7, 11) is 0. The average Bonchev–Trinajstić information content (AvgIpc) is 3.09. The van der Waals surface area contributed by atoms with Gasteiger partial charge in [-0.1, -0.05) is 12.1 Å². The Kier molecular flexibility index (Phi) is 5.68. The summed E-state index contributed by atoms with van der Waals surface area (Å²) in [5.41, 5.74) is -1.20. The summed E-state index contributed by atoms with van der Waals surface area (Å²) in [6.07, 6.45) is 0.151. The largest absolute Gasteiger partial charge is 0.508 e. The molecule has 2 atom stereocenters. The molecule has 9 nitrogen and oxygen atoms in total. The van der Waals surface area contributed by atoms with E-state index in [0.29, 0.717) is 5.56 Å². The van der Waals surface area contributed by atoms with Gasteiger partial charge in [0, 0.05) is 23.9 Å². The van der Waals surface area contributed by atoms with E-state index in [0.717, 1.165) is 6.08 Å². The van der Waals surface area contributed by atoms with Crippen molar-refractivity contribution in [3.63, 3.8) is 0 Å². The molecule has 0 bridgehead atoms. The van der Waals surface area contributed by atoms with Crippen molar-refractivity contribution in [3.8, 4) is 23.0 Å². The van der Waals surface area contributed by atoms with Gasteiger partial charge in [0.1, 0.15) is 39.7 Å². The second kappa shape index (κ2) is 8.28. The smallest absolute Gasteiger partial charge is 0.194 e. The second-order valence-corrected chi connectivity index (χ2v) is 8.87. The zero-order valence-corrected chi connectivity index (χ0v) is 19.6. The summed E-state index contributed by atoms with van der Waals surface area (Å²) in [5, 5.41) is 44.0. The molecule has 1 aliphatic carbocycles. The Morgan fingerprint density at radius 3 is 2.31 bits per heavy atom. The van der Waals surface area contributed by atoms with Crippen LogP contribution in [0.15, 0.2) is 47.4 Å². The number of hydrogen-bond acceptors (Lipinski definition) is 9. The van der Waals surface area contributed by atoms with E-state index in [2.05, 4.69) is 5.32 Å². The molecule has 2 unspecified atom stereocenters. The number of ether oxygens (including phenoxy) is 1. The molecule has 0 radical (unpaired) electrons. The lowest BCUT2D eigenvalue weighted by Gasteiger charge is -2.29. The van der Waals surface area contributed by atoms with Gasteiger partial charge in [0.2, 0.25) is 0 Å². The minimum Gasteiger partial charge on any atom is -0.508 e. The fourth-order valence-corrected chi connectivity index (χ4v) is 4.51. The quantitative estimate of drug-likeness (QED) is 0.247. The normalized spacial score (nSPS) is 21.0. The number of carbonyl (C=O) groups is 3. The van der Waals surface area contributed by atoms with Gasteiger partial charge in [-0.15, -0.1) is 0 Å². The zero-order chi connectivity index (χ0) is 25.8. The monoisotopic (exact) mass is 479 g/mol. The molecular formula is C26H25NO8. The minimum absolute atomic E-state index is 0.0103. The van der Waals surface area contributed by atoms with Crippen LogP contribution in [0.2, 0.25) is 0 Å². The number of hydrogen-bond donors (Lipinski definition) is 5. The number of allylic oxidation sites excluding steroid dienone is 4. The van der Waals surface area contributed by atoms with Gasteiger partial charge in [-0.25, -0.2) is 0 Å². The topological polar surface area (TPSA) is 153 Å². The van der Waals surface area contributed by atoms with E-state index in [4.69, 9.17) is 4.74 Å². The molecule has 0 fully saturated rings. The van der Waals surface area contributed by atoms with Gasteiger partial charge in [-0.05, 0) is 45.4 Å². The first kappa shape index (κ1) is 24.0. The molecule has 0 aromatic heterocycles. The third-order valence-electron chi connectivity index (χ3n) is 6.60. The fraction of sp³-hybridized carbons (Fsp3) is 0.269. The number of Topliss-reactive ketones (excluding diaryl/α,β-unsaturated/α-hetero) is 2. The summed E-state index contributed by atoms with van der Waals surface area (Å²) in [5.74, 6) is -2.81. The highest BCUT2D eigenvalue weighted by molar-refractivity contribution is 6.31. The molecule has 2 aromatic rings. The number of aliphatic hydroxyl groups excluding tert-OH is 1. The van der Waals surface area contributed by atoms with Crippen LogP contribution in [0.3, 0.4) is 0 Å². The van der Waals surface area contributed by atoms with Crippen molar-refractivity contribution in [3.05, 3.63) is 69.6 Å². The molecule has 2 aromatic carbocycles. The van der Waals surface area contributed by atoms with Crippen LogP contribution >= 0.6 is 0 Å². The van der Waals surface area contributed by atoms with Crippen molar-refractivity contribution < 1.29 is 39.5 Å². The van der Waals surface area contributed by atoms with Crippen LogP contribution in [0.1, 0.15) is 53.9 Å². The molecule has 0 amide bonds. The molecular weight excluding hydrogens is 454 g/mol. The summed E-state index contributed by atoms with van der Waals surface area (Å²) in [4.78, 5) is 38.9. The van der Waals surface area contributed by atoms with Crippen molar-refractivity contribution in [2.45, 2.75) is 39.2 Å². The molecule has 0 saturated carbocycles. The molecule has 0 spiro atoms. The average molecular weight is 479 g/mol. The molecule has 0 saturated heterocycles. The van der Waals surface area contributed by atoms with Crippen LogP contribution in [-0.4, -0.2) is 44.3 Å². The number of ketones is 3. The highest BCUT2D eigenvalue weighted by atomic mass is 16.5. The van der Waals surface area contributed by atoms with E-state index in [1.165, 1.54) is 39.8 Å². The van der Waals surface area contributed by atoms with Crippen molar-refractivity contribution in [2.24, 2.45) is 0 Å². The van der Waals surface area contributed by atoms with Crippen molar-refractivity contribution in [1.82, 2.24) is 5.32 Å². The van der Waals surface area contributed by atoms with Crippen LogP contribution in [0.5, 0.6) is 23.0 Å². The highest BCUT2D eigenvalue weighted by Crippen LogP contribution is 2.57. The molecule has 2 aliphatic rings. The van der Waals surface area contributed by atoms with E-state index in [9.17, 15) is 34.8 Å². The SMILES string of the molecule is CC(=O)c1c(O)c(C)c(O)c2c1OC1=CC(=O)C(=C(C)NCC(O)c3ccc(O)cc3)C(=O)C12C. The minimum atomic E-state index is -1.61. The van der Waals surface area contributed by atoms with Crippen LogP contribution in [0.25, 0.3) is 0 Å². The predicted octanol–water partition coefficient (Wildman–Crippen LogP) is 2.60. The number of aromatic hydroxyl groups is 3. The number of fused-ring (bicyclic) bond motifs is 3. The van der Waals surface area contributed by atoms with Gasteiger partial charge in [-0.3, -0.25) is 14.4 Å². The first-order valence-corrected chi connectivity index (χ1v) is 10.9. The number of phenols is 3. The summed E-state index contributed by atoms with van der Waals surface area (Å²) < 4.78 is 5.73. The maximum Gasteiger partial charge on any atom is 0.194 e. The lowest BCUT2D eigenvalue weighted by atomic mass is 9.70. The first-order chi connectivity index (χ1) is 16.4. The van der Waals surface area contributed by atoms with Gasteiger partial charge >= 0.3 is 0 Å². The number of nitrogens with one attached hydrogen (secondary N) is 1. The van der Waals surface area contributed by atoms with E-state index in [1.54, 1.807) is 12.1 Å². The number of rotatable bonds is 5. The Balaban J connectivity index is 1.75. The van der Waals surface area contributed by atoms with Crippen LogP contribution in [0.4, 0.5) is 0 Å². The van der Waals surface area contributed by atoms with Gasteiger partial charge in [0.15, 0.2) is 17.3 Å². The van der Waals surface area contributed by atoms with Crippen molar-refractivity contribution in [1.29, 1.82) is 0 Å². The fourth-order valence-electron chi connectivity index (χ4n) is 4.51. The van der Waals surface area contributed by atoms with Gasteiger partial charge < -0.3 is 30.5 Å². The molecule has 1 aliphatic heterocycles. The molecule has 35 heavy (non-hydrogen) atoms. The van der Waals surface area contributed by atoms with E-state index in [1.807, 2.05) is 0 Å². The van der Waals surface area contributed by atoms with Gasteiger partial charge in [0.25, 0.3) is 0 Å². The standard InChI is InChI=1S/C26H25NO8/c1-11-22(32)20(13(3)28)24-21(23(11)33)26(4)18(35-24)9-16(30)19(25(26)34)12(2)27-10-17(31)14-5-7-15(29)8-6-14/h5-9,17,27,29,31-33H,10H2,1-4H3. The Morgan fingerprint density at radius 2 is 1.71 bits per heavy atom. The Morgan fingerprint density at radius 1 is 1.09 bits per heavy atom. The second-order valence-electron chi connectivity index (χ2n) is 8.87. The molecule has 5 N–H and O–H groups in total. The third kappa shape index (κ3) is 3.55. The van der Waals surface area contributed by atoms with E-state index in [-0.39, 0.29) is 51.8 Å². The van der Waals surface area contributed by atoms with Crippen molar-refractivity contribution >= 4 is 17.3 Å².